The minimum Gasteiger partial charge on any atom is -0.493 e. The zero-order valence-corrected chi connectivity index (χ0v) is 18.3. The van der Waals surface area contributed by atoms with Crippen molar-refractivity contribution in [2.45, 2.75) is 38.2 Å². The van der Waals surface area contributed by atoms with E-state index in [1.165, 1.54) is 5.56 Å². The number of benzene rings is 2. The molecule has 0 saturated heterocycles. The molecule has 0 aliphatic rings. The Labute approximate surface area is 173 Å². The largest absolute Gasteiger partial charge is 0.493 e. The van der Waals surface area contributed by atoms with Gasteiger partial charge in [0.1, 0.15) is 5.75 Å². The molecule has 27 heavy (non-hydrogen) atoms. The molecule has 4 nitrogen and oxygen atoms in total. The molecule has 0 spiro atoms. The zero-order valence-electron chi connectivity index (χ0n) is 15.9. The molecular weight excluding hydrogens is 422 g/mol. The third-order valence-corrected chi connectivity index (χ3v) is 5.52. The average molecular weight is 446 g/mol. The van der Waals surface area contributed by atoms with Crippen molar-refractivity contribution in [2.24, 2.45) is 5.92 Å². The van der Waals surface area contributed by atoms with Crippen molar-refractivity contribution in [3.63, 3.8) is 0 Å². The van der Waals surface area contributed by atoms with Gasteiger partial charge in [0.25, 0.3) is 0 Å². The molecular formula is C21H24BrN3OS. The summed E-state index contributed by atoms with van der Waals surface area (Å²) >= 11 is 5.23. The van der Waals surface area contributed by atoms with Crippen molar-refractivity contribution >= 4 is 27.7 Å². The molecule has 2 aromatic carbocycles. The van der Waals surface area contributed by atoms with Crippen molar-refractivity contribution in [3.8, 4) is 17.1 Å². The molecule has 1 aromatic heterocycles. The van der Waals surface area contributed by atoms with Crippen LogP contribution in [-0.4, -0.2) is 21.4 Å². The number of hydrogen-bond donors (Lipinski definition) is 0. The maximum Gasteiger partial charge on any atom is 0.191 e. The lowest BCUT2D eigenvalue weighted by Crippen LogP contribution is -2.04. The molecule has 0 unspecified atom stereocenters. The van der Waals surface area contributed by atoms with Crippen LogP contribution in [0.1, 0.15) is 26.3 Å². The smallest absolute Gasteiger partial charge is 0.191 e. The Balaban J connectivity index is 1.73. The third-order valence-electron chi connectivity index (χ3n) is 3.99. The van der Waals surface area contributed by atoms with Crippen LogP contribution in [0.5, 0.6) is 5.75 Å². The first-order valence-corrected chi connectivity index (χ1v) is 10.9. The predicted octanol–water partition coefficient (Wildman–Crippen LogP) is 6.05. The van der Waals surface area contributed by atoms with Crippen LogP contribution in [0.25, 0.3) is 11.4 Å². The topological polar surface area (TPSA) is 39.9 Å². The standard InChI is InChI=1S/C21H24BrN3OS/c1-4-25-20(17-8-10-19(11-9-17)26-13-15(2)3)23-24-21(25)27-14-16-6-5-7-18(22)12-16/h5-12,15H,4,13-14H2,1-3H3. The van der Waals surface area contributed by atoms with Gasteiger partial charge in [-0.15, -0.1) is 10.2 Å². The zero-order chi connectivity index (χ0) is 19.2. The summed E-state index contributed by atoms with van der Waals surface area (Å²) in [5, 5.41) is 9.79. The first-order chi connectivity index (χ1) is 13.1. The number of rotatable bonds is 8. The predicted molar refractivity (Wildman–Crippen MR) is 115 cm³/mol. The van der Waals surface area contributed by atoms with Crippen LogP contribution in [-0.2, 0) is 12.3 Å². The van der Waals surface area contributed by atoms with Gasteiger partial charge >= 0.3 is 0 Å². The Morgan fingerprint density at radius 1 is 1.11 bits per heavy atom. The average Bonchev–Trinajstić information content (AvgIpc) is 3.08. The van der Waals surface area contributed by atoms with Crippen LogP contribution in [0.15, 0.2) is 58.2 Å². The summed E-state index contributed by atoms with van der Waals surface area (Å²) in [6, 6.07) is 16.5. The van der Waals surface area contributed by atoms with Gasteiger partial charge in [0.05, 0.1) is 6.61 Å². The molecule has 0 atom stereocenters. The van der Waals surface area contributed by atoms with E-state index in [1.54, 1.807) is 11.8 Å². The molecule has 0 N–H and O–H groups in total. The fourth-order valence-corrected chi connectivity index (χ4v) is 4.02. The number of ether oxygens (including phenoxy) is 1. The van der Waals surface area contributed by atoms with Crippen LogP contribution in [0.2, 0.25) is 0 Å². The van der Waals surface area contributed by atoms with Crippen molar-refractivity contribution in [1.29, 1.82) is 0 Å². The second-order valence-electron chi connectivity index (χ2n) is 6.70. The van der Waals surface area contributed by atoms with E-state index >= 15 is 0 Å². The minimum absolute atomic E-state index is 0.512. The summed E-state index contributed by atoms with van der Waals surface area (Å²) in [6.45, 7) is 7.96. The maximum atomic E-state index is 5.77. The molecule has 3 rings (SSSR count). The molecule has 0 bridgehead atoms. The highest BCUT2D eigenvalue weighted by molar-refractivity contribution is 9.10. The van der Waals surface area contributed by atoms with E-state index in [0.29, 0.717) is 5.92 Å². The molecule has 0 amide bonds. The normalized spacial score (nSPS) is 11.1. The van der Waals surface area contributed by atoms with Crippen molar-refractivity contribution in [3.05, 3.63) is 58.6 Å². The Morgan fingerprint density at radius 2 is 1.89 bits per heavy atom. The van der Waals surface area contributed by atoms with Gasteiger partial charge in [-0.05, 0) is 54.8 Å². The van der Waals surface area contributed by atoms with Crippen molar-refractivity contribution in [2.75, 3.05) is 6.61 Å². The first kappa shape index (κ1) is 20.0. The van der Waals surface area contributed by atoms with Gasteiger partial charge < -0.3 is 9.30 Å². The lowest BCUT2D eigenvalue weighted by Gasteiger charge is -2.10. The van der Waals surface area contributed by atoms with E-state index in [0.717, 1.165) is 45.7 Å². The van der Waals surface area contributed by atoms with Gasteiger partial charge in [0.15, 0.2) is 11.0 Å². The van der Waals surface area contributed by atoms with E-state index in [-0.39, 0.29) is 0 Å². The summed E-state index contributed by atoms with van der Waals surface area (Å²) in [6.07, 6.45) is 0. The van der Waals surface area contributed by atoms with Gasteiger partial charge in [-0.1, -0.05) is 53.7 Å². The molecule has 0 saturated carbocycles. The second-order valence-corrected chi connectivity index (χ2v) is 8.56. The Kier molecular flexibility index (Phi) is 6.96. The molecule has 0 radical (unpaired) electrons. The van der Waals surface area contributed by atoms with Crippen molar-refractivity contribution < 1.29 is 4.74 Å². The third kappa shape index (κ3) is 5.36. The lowest BCUT2D eigenvalue weighted by atomic mass is 10.2. The quantitative estimate of drug-likeness (QED) is 0.395. The summed E-state index contributed by atoms with van der Waals surface area (Å²) in [7, 11) is 0. The van der Waals surface area contributed by atoms with Gasteiger partial charge in [-0.2, -0.15) is 0 Å². The van der Waals surface area contributed by atoms with Crippen LogP contribution < -0.4 is 4.74 Å². The number of aromatic nitrogens is 3. The second kappa shape index (κ2) is 9.42. The summed E-state index contributed by atoms with van der Waals surface area (Å²) in [5.41, 5.74) is 2.31. The highest BCUT2D eigenvalue weighted by Crippen LogP contribution is 2.28. The Bertz CT molecular complexity index is 877. The highest BCUT2D eigenvalue weighted by Gasteiger charge is 2.13. The number of hydrogen-bond acceptors (Lipinski definition) is 4. The fraction of sp³-hybridized carbons (Fsp3) is 0.333. The van der Waals surface area contributed by atoms with E-state index in [9.17, 15) is 0 Å². The summed E-state index contributed by atoms with van der Waals surface area (Å²) < 4.78 is 9.02. The van der Waals surface area contributed by atoms with Gasteiger partial charge in [0, 0.05) is 22.3 Å². The number of nitrogens with zero attached hydrogens (tertiary/aromatic N) is 3. The molecule has 0 fully saturated rings. The minimum atomic E-state index is 0.512. The van der Waals surface area contributed by atoms with Crippen LogP contribution in [0, 0.1) is 5.92 Å². The van der Waals surface area contributed by atoms with E-state index in [2.05, 4.69) is 81.8 Å². The van der Waals surface area contributed by atoms with E-state index < -0.39 is 0 Å². The van der Waals surface area contributed by atoms with Gasteiger partial charge in [-0.3, -0.25) is 0 Å². The van der Waals surface area contributed by atoms with Crippen LogP contribution in [0.3, 0.4) is 0 Å². The Hall–Kier alpha value is -1.79. The molecule has 1 heterocycles. The summed E-state index contributed by atoms with van der Waals surface area (Å²) in [5.74, 6) is 3.15. The Morgan fingerprint density at radius 3 is 2.56 bits per heavy atom. The van der Waals surface area contributed by atoms with E-state index in [1.807, 2.05) is 18.2 Å². The van der Waals surface area contributed by atoms with Crippen LogP contribution >= 0.6 is 27.7 Å². The molecule has 0 aliphatic heterocycles. The SMILES string of the molecule is CCn1c(SCc2cccc(Br)c2)nnc1-c1ccc(OCC(C)C)cc1. The van der Waals surface area contributed by atoms with E-state index in [4.69, 9.17) is 4.74 Å². The monoisotopic (exact) mass is 445 g/mol. The van der Waals surface area contributed by atoms with Gasteiger partial charge in [-0.25, -0.2) is 0 Å². The molecule has 6 heteroatoms. The fourth-order valence-electron chi connectivity index (χ4n) is 2.63. The lowest BCUT2D eigenvalue weighted by molar-refractivity contribution is 0.271. The van der Waals surface area contributed by atoms with Gasteiger partial charge in [0.2, 0.25) is 0 Å². The maximum absolute atomic E-state index is 5.77. The summed E-state index contributed by atoms with van der Waals surface area (Å²) in [4.78, 5) is 0. The highest BCUT2D eigenvalue weighted by atomic mass is 79.9. The molecule has 3 aromatic rings. The molecule has 142 valence electrons. The number of thioether (sulfide) groups is 1. The molecule has 0 aliphatic carbocycles. The number of halogens is 1. The van der Waals surface area contributed by atoms with Crippen molar-refractivity contribution in [1.82, 2.24) is 14.8 Å². The first-order valence-electron chi connectivity index (χ1n) is 9.10. The van der Waals surface area contributed by atoms with Crippen LogP contribution in [0.4, 0.5) is 0 Å².